The van der Waals surface area contributed by atoms with Crippen LogP contribution in [0.1, 0.15) is 47.3 Å². The van der Waals surface area contributed by atoms with Gasteiger partial charge in [-0.15, -0.1) is 0 Å². The van der Waals surface area contributed by atoms with Gasteiger partial charge in [0.05, 0.1) is 11.8 Å². The van der Waals surface area contributed by atoms with Crippen molar-refractivity contribution in [1.29, 1.82) is 0 Å². The molecular weight excluding hydrogens is 486 g/mol. The van der Waals surface area contributed by atoms with E-state index in [0.717, 1.165) is 11.1 Å². The van der Waals surface area contributed by atoms with Gasteiger partial charge < -0.3 is 30.9 Å². The maximum atomic E-state index is 13.6. The lowest BCUT2D eigenvalue weighted by Gasteiger charge is -2.22. The maximum Gasteiger partial charge on any atom is 0.333 e. The van der Waals surface area contributed by atoms with Crippen LogP contribution in [0.3, 0.4) is 0 Å². The number of guanidine groups is 1. The van der Waals surface area contributed by atoms with Gasteiger partial charge in [-0.25, -0.2) is 4.79 Å². The van der Waals surface area contributed by atoms with E-state index in [-0.39, 0.29) is 30.2 Å². The van der Waals surface area contributed by atoms with Crippen LogP contribution in [0.25, 0.3) is 0 Å². The van der Waals surface area contributed by atoms with Gasteiger partial charge in [-0.05, 0) is 43.0 Å². The molecular formula is C28H31N5O5. The Bertz CT molecular complexity index is 1300. The molecule has 1 amide bonds. The van der Waals surface area contributed by atoms with Crippen LogP contribution in [0.15, 0.2) is 101 Å². The second kappa shape index (κ2) is 13.4. The third-order valence-electron chi connectivity index (χ3n) is 5.68. The summed E-state index contributed by atoms with van der Waals surface area (Å²) in [4.78, 5) is 39.5. The monoisotopic (exact) mass is 517 g/mol. The van der Waals surface area contributed by atoms with Crippen LogP contribution in [0.2, 0.25) is 0 Å². The van der Waals surface area contributed by atoms with Crippen LogP contribution in [0, 0.1) is 0 Å². The molecule has 0 fully saturated rings. The summed E-state index contributed by atoms with van der Waals surface area (Å²) in [6, 6.07) is 20.5. The van der Waals surface area contributed by atoms with Crippen molar-refractivity contribution in [3.05, 3.63) is 118 Å². The van der Waals surface area contributed by atoms with Crippen molar-refractivity contribution < 1.29 is 19.5 Å². The molecule has 0 saturated heterocycles. The molecule has 0 aliphatic carbocycles. The molecule has 3 rings (SSSR count). The van der Waals surface area contributed by atoms with Gasteiger partial charge in [0, 0.05) is 12.7 Å². The highest BCUT2D eigenvalue weighted by Crippen LogP contribution is 2.25. The van der Waals surface area contributed by atoms with Crippen LogP contribution < -0.4 is 21.9 Å². The van der Waals surface area contributed by atoms with Crippen molar-refractivity contribution in [3.63, 3.8) is 0 Å². The van der Waals surface area contributed by atoms with Gasteiger partial charge in [-0.1, -0.05) is 72.4 Å². The highest BCUT2D eigenvalue weighted by Gasteiger charge is 2.26. The Balaban J connectivity index is 1.89. The topological polar surface area (TPSA) is 148 Å². The number of amides is 1. The number of oxime groups is 1. The number of aromatic nitrogens is 1. The number of nitrogens with zero attached hydrogens (tertiary/aromatic N) is 2. The minimum atomic E-state index is -1.06. The number of hydrogen-bond donors (Lipinski definition) is 4. The van der Waals surface area contributed by atoms with E-state index in [0.29, 0.717) is 6.42 Å². The van der Waals surface area contributed by atoms with Crippen molar-refractivity contribution in [3.8, 4) is 0 Å². The average Bonchev–Trinajstić information content (AvgIpc) is 2.92. The fraction of sp³-hybridized carbons (Fsp3) is 0.214. The van der Waals surface area contributed by atoms with Gasteiger partial charge in [0.1, 0.15) is 11.6 Å². The van der Waals surface area contributed by atoms with Crippen LogP contribution >= 0.6 is 0 Å². The first-order chi connectivity index (χ1) is 18.3. The molecule has 3 aromatic rings. The Labute approximate surface area is 220 Å². The van der Waals surface area contributed by atoms with E-state index in [1.54, 1.807) is 12.3 Å². The van der Waals surface area contributed by atoms with E-state index in [1.807, 2.05) is 60.7 Å². The molecule has 1 heterocycles. The van der Waals surface area contributed by atoms with Gasteiger partial charge >= 0.3 is 5.97 Å². The summed E-state index contributed by atoms with van der Waals surface area (Å²) in [6.45, 7) is 5.35. The SMILES string of the molecule is C=C(C)OC(=O)[C@H](CCCN/C(N)=N/O)NC(=O)c1cccn(C(c2ccccc2)c2ccccc2)c1=O. The second-order valence-corrected chi connectivity index (χ2v) is 8.56. The highest BCUT2D eigenvalue weighted by atomic mass is 16.5. The number of allylic oxidation sites excluding steroid dienone is 1. The molecule has 0 aliphatic rings. The van der Waals surface area contributed by atoms with E-state index in [4.69, 9.17) is 15.7 Å². The number of carbonyl (C=O) groups excluding carboxylic acids is 2. The molecule has 2 aromatic carbocycles. The number of esters is 1. The summed E-state index contributed by atoms with van der Waals surface area (Å²) < 4.78 is 6.62. The normalized spacial score (nSPS) is 12.0. The molecule has 0 spiro atoms. The van der Waals surface area contributed by atoms with Crippen molar-refractivity contribution in [2.45, 2.75) is 31.8 Å². The number of nitrogens with one attached hydrogen (secondary N) is 2. The van der Waals surface area contributed by atoms with E-state index < -0.39 is 29.5 Å². The van der Waals surface area contributed by atoms with Gasteiger partial charge in [0.2, 0.25) is 5.96 Å². The Morgan fingerprint density at radius 2 is 1.66 bits per heavy atom. The largest absolute Gasteiger partial charge is 0.430 e. The molecule has 38 heavy (non-hydrogen) atoms. The van der Waals surface area contributed by atoms with E-state index in [2.05, 4.69) is 22.4 Å². The average molecular weight is 518 g/mol. The Morgan fingerprint density at radius 1 is 1.05 bits per heavy atom. The fourth-order valence-electron chi connectivity index (χ4n) is 3.96. The summed E-state index contributed by atoms with van der Waals surface area (Å²) in [6.07, 6.45) is 2.17. The van der Waals surface area contributed by atoms with Crippen molar-refractivity contribution in [1.82, 2.24) is 15.2 Å². The zero-order valence-corrected chi connectivity index (χ0v) is 21.0. The molecule has 0 unspecified atom stereocenters. The number of ether oxygens (including phenoxy) is 1. The maximum absolute atomic E-state index is 13.6. The number of benzene rings is 2. The summed E-state index contributed by atoms with van der Waals surface area (Å²) in [5, 5.41) is 16.7. The molecule has 5 N–H and O–H groups in total. The van der Waals surface area contributed by atoms with Gasteiger partial charge in [0.25, 0.3) is 11.5 Å². The minimum absolute atomic E-state index is 0.118. The molecule has 1 aromatic heterocycles. The van der Waals surface area contributed by atoms with Crippen molar-refractivity contribution >= 4 is 17.8 Å². The van der Waals surface area contributed by atoms with E-state index in [9.17, 15) is 14.4 Å². The lowest BCUT2D eigenvalue weighted by Crippen LogP contribution is -2.44. The minimum Gasteiger partial charge on any atom is -0.430 e. The van der Waals surface area contributed by atoms with Crippen LogP contribution in [0.5, 0.6) is 0 Å². The van der Waals surface area contributed by atoms with Crippen molar-refractivity contribution in [2.75, 3.05) is 6.54 Å². The quantitative estimate of drug-likeness (QED) is 0.0581. The summed E-state index contributed by atoms with van der Waals surface area (Å²) in [7, 11) is 0. The van der Waals surface area contributed by atoms with Gasteiger partial charge in [-0.2, -0.15) is 0 Å². The highest BCUT2D eigenvalue weighted by molar-refractivity contribution is 5.96. The van der Waals surface area contributed by atoms with E-state index in [1.165, 1.54) is 17.6 Å². The molecule has 10 nitrogen and oxygen atoms in total. The standard InChI is InChI=1S/C28H31N5O5/c1-19(2)38-27(36)23(16-9-17-30-28(29)32-37)31-25(34)22-15-10-18-33(26(22)35)24(20-11-5-3-6-12-20)21-13-7-4-8-14-21/h3-8,10-15,18,23-24,37H,1,9,16-17H2,2H3,(H,31,34)(H3,29,30,32)/t23-/m0/s1. The van der Waals surface area contributed by atoms with Crippen molar-refractivity contribution in [2.24, 2.45) is 10.9 Å². The first-order valence-corrected chi connectivity index (χ1v) is 12.0. The van der Waals surface area contributed by atoms with Crippen LogP contribution in [-0.4, -0.2) is 40.2 Å². The first-order valence-electron chi connectivity index (χ1n) is 12.0. The van der Waals surface area contributed by atoms with Crippen LogP contribution in [-0.2, 0) is 9.53 Å². The second-order valence-electron chi connectivity index (χ2n) is 8.56. The third kappa shape index (κ3) is 7.33. The van der Waals surface area contributed by atoms with E-state index >= 15 is 0 Å². The molecule has 0 saturated carbocycles. The lowest BCUT2D eigenvalue weighted by molar-refractivity contribution is -0.141. The Morgan fingerprint density at radius 3 is 2.21 bits per heavy atom. The predicted octanol–water partition coefficient (Wildman–Crippen LogP) is 2.73. The predicted molar refractivity (Wildman–Crippen MR) is 144 cm³/mol. The Hall–Kier alpha value is -4.86. The first kappa shape index (κ1) is 27.7. The molecule has 0 radical (unpaired) electrons. The lowest BCUT2D eigenvalue weighted by atomic mass is 9.98. The summed E-state index contributed by atoms with van der Waals surface area (Å²) >= 11 is 0. The fourth-order valence-corrected chi connectivity index (χ4v) is 3.96. The molecule has 1 atom stereocenters. The zero-order valence-electron chi connectivity index (χ0n) is 21.0. The summed E-state index contributed by atoms with van der Waals surface area (Å²) in [5.41, 5.74) is 6.51. The number of rotatable bonds is 11. The number of pyridine rings is 1. The number of nitrogens with two attached hydrogens (primary N) is 1. The molecule has 10 heteroatoms. The van der Waals surface area contributed by atoms with Gasteiger partial charge in [-0.3, -0.25) is 9.59 Å². The molecule has 0 bridgehead atoms. The summed E-state index contributed by atoms with van der Waals surface area (Å²) in [5.74, 6) is -1.43. The van der Waals surface area contributed by atoms with Crippen LogP contribution in [0.4, 0.5) is 0 Å². The molecule has 198 valence electrons. The number of hydrogen-bond acceptors (Lipinski definition) is 6. The smallest absolute Gasteiger partial charge is 0.333 e. The zero-order chi connectivity index (χ0) is 27.5. The Kier molecular flexibility index (Phi) is 9.81. The molecule has 0 aliphatic heterocycles. The number of carbonyl (C=O) groups is 2. The van der Waals surface area contributed by atoms with Gasteiger partial charge in [0.15, 0.2) is 0 Å². The third-order valence-corrected chi connectivity index (χ3v) is 5.68.